The number of hydrogen-bond donors (Lipinski definition) is 2. The van der Waals surface area contributed by atoms with Crippen molar-refractivity contribution in [2.24, 2.45) is 5.92 Å². The van der Waals surface area contributed by atoms with Gasteiger partial charge in [0.05, 0.1) is 11.6 Å². The fourth-order valence-electron chi connectivity index (χ4n) is 5.51. The number of fused-ring (bicyclic) bond motifs is 1. The third kappa shape index (κ3) is 3.87. The van der Waals surface area contributed by atoms with E-state index in [-0.39, 0.29) is 23.8 Å². The molecule has 3 aromatic rings. The Balaban J connectivity index is 1.28. The molecule has 0 aliphatic carbocycles. The Kier molecular flexibility index (Phi) is 5.62. The largest absolute Gasteiger partial charge is 0.338 e. The van der Waals surface area contributed by atoms with Crippen LogP contribution in [0.1, 0.15) is 59.8 Å². The quantitative estimate of drug-likeness (QED) is 0.563. The first-order valence-corrected chi connectivity index (χ1v) is 12.2. The van der Waals surface area contributed by atoms with Crippen LogP contribution in [0.4, 0.5) is 4.79 Å². The van der Waals surface area contributed by atoms with Gasteiger partial charge < -0.3 is 10.2 Å². The molecule has 2 aromatic carbocycles. The van der Waals surface area contributed by atoms with E-state index in [4.69, 9.17) is 5.10 Å². The average Bonchev–Trinajstić information content (AvgIpc) is 3.39. The summed E-state index contributed by atoms with van der Waals surface area (Å²) in [6.07, 6.45) is 3.82. The van der Waals surface area contributed by atoms with Crippen LogP contribution in [0.3, 0.4) is 0 Å². The molecule has 4 amide bonds. The number of imide groups is 1. The molecule has 2 N–H and O–H groups in total. The van der Waals surface area contributed by atoms with E-state index in [1.807, 2.05) is 18.7 Å². The maximum Gasteiger partial charge on any atom is 0.322 e. The fourth-order valence-corrected chi connectivity index (χ4v) is 5.51. The fraction of sp³-hybridized carbons (Fsp3) is 0.407. The third-order valence-electron chi connectivity index (χ3n) is 7.44. The Morgan fingerprint density at radius 3 is 2.37 bits per heavy atom. The van der Waals surface area contributed by atoms with Gasteiger partial charge in [-0.1, -0.05) is 37.6 Å². The topological polar surface area (TPSA) is 96.3 Å². The number of aryl methyl sites for hydroxylation is 2. The van der Waals surface area contributed by atoms with Crippen molar-refractivity contribution in [1.29, 1.82) is 0 Å². The lowest BCUT2D eigenvalue weighted by Crippen LogP contribution is -2.48. The van der Waals surface area contributed by atoms with E-state index in [0.717, 1.165) is 23.7 Å². The summed E-state index contributed by atoms with van der Waals surface area (Å²) in [6.45, 7) is 9.29. The first kappa shape index (κ1) is 23.1. The second kappa shape index (κ2) is 8.52. The van der Waals surface area contributed by atoms with E-state index in [1.165, 1.54) is 11.1 Å². The SMILES string of the molecule is Cc1cc(C)c2nn(C3CCN(C(=O)c4ccc(C5(C(C)C)NC(=O)NC5=O)cc4)CC3)cc2c1. The zero-order valence-corrected chi connectivity index (χ0v) is 20.6. The zero-order valence-electron chi connectivity index (χ0n) is 20.6. The van der Waals surface area contributed by atoms with Crippen molar-refractivity contribution in [3.63, 3.8) is 0 Å². The van der Waals surface area contributed by atoms with Gasteiger partial charge in [-0.05, 0) is 61.9 Å². The van der Waals surface area contributed by atoms with Gasteiger partial charge in [0.25, 0.3) is 11.8 Å². The summed E-state index contributed by atoms with van der Waals surface area (Å²) >= 11 is 0. The molecule has 1 atom stereocenters. The van der Waals surface area contributed by atoms with Crippen LogP contribution < -0.4 is 10.6 Å². The molecule has 5 rings (SSSR count). The predicted octanol–water partition coefficient (Wildman–Crippen LogP) is 3.82. The number of amides is 4. The van der Waals surface area contributed by atoms with Gasteiger partial charge in [0.15, 0.2) is 0 Å². The molecule has 2 aliphatic rings. The minimum atomic E-state index is -1.12. The summed E-state index contributed by atoms with van der Waals surface area (Å²) in [5.41, 5.74) is 3.58. The number of aromatic nitrogens is 2. The van der Waals surface area contributed by atoms with Gasteiger partial charge >= 0.3 is 6.03 Å². The summed E-state index contributed by atoms with van der Waals surface area (Å²) in [5, 5.41) is 11.1. The van der Waals surface area contributed by atoms with Gasteiger partial charge in [-0.2, -0.15) is 5.10 Å². The van der Waals surface area contributed by atoms with Crippen molar-refractivity contribution in [2.75, 3.05) is 13.1 Å². The van der Waals surface area contributed by atoms with E-state index in [0.29, 0.717) is 24.2 Å². The molecule has 2 aliphatic heterocycles. The van der Waals surface area contributed by atoms with E-state index in [2.05, 4.69) is 47.5 Å². The van der Waals surface area contributed by atoms with Gasteiger partial charge in [-0.25, -0.2) is 4.79 Å². The van der Waals surface area contributed by atoms with Crippen molar-refractivity contribution in [2.45, 2.75) is 52.1 Å². The monoisotopic (exact) mass is 473 g/mol. The molecule has 2 fully saturated rings. The summed E-state index contributed by atoms with van der Waals surface area (Å²) in [7, 11) is 0. The summed E-state index contributed by atoms with van der Waals surface area (Å²) < 4.78 is 2.07. The number of hydrogen-bond acceptors (Lipinski definition) is 4. The van der Waals surface area contributed by atoms with E-state index in [9.17, 15) is 14.4 Å². The van der Waals surface area contributed by atoms with Crippen LogP contribution in [0.5, 0.6) is 0 Å². The number of rotatable bonds is 4. The molecule has 1 unspecified atom stereocenters. The molecule has 35 heavy (non-hydrogen) atoms. The van der Waals surface area contributed by atoms with Crippen LogP contribution in [-0.4, -0.2) is 45.6 Å². The molecule has 0 bridgehead atoms. The van der Waals surface area contributed by atoms with Crippen molar-refractivity contribution >= 4 is 28.7 Å². The third-order valence-corrected chi connectivity index (χ3v) is 7.44. The molecule has 182 valence electrons. The Morgan fingerprint density at radius 2 is 1.77 bits per heavy atom. The van der Waals surface area contributed by atoms with E-state index < -0.39 is 11.6 Å². The molecular formula is C27H31N5O3. The number of nitrogens with one attached hydrogen (secondary N) is 2. The van der Waals surface area contributed by atoms with Gasteiger partial charge in [0, 0.05) is 30.2 Å². The lowest BCUT2D eigenvalue weighted by Gasteiger charge is -2.33. The summed E-state index contributed by atoms with van der Waals surface area (Å²) in [4.78, 5) is 39.5. The minimum absolute atomic E-state index is 0.0226. The second-order valence-corrected chi connectivity index (χ2v) is 10.1. The molecule has 8 nitrogen and oxygen atoms in total. The smallest absolute Gasteiger partial charge is 0.322 e. The minimum Gasteiger partial charge on any atom is -0.338 e. The lowest BCUT2D eigenvalue weighted by atomic mass is 9.79. The molecule has 0 spiro atoms. The highest BCUT2D eigenvalue weighted by atomic mass is 16.2. The highest BCUT2D eigenvalue weighted by Gasteiger charge is 2.50. The molecule has 3 heterocycles. The molecule has 1 aromatic heterocycles. The van der Waals surface area contributed by atoms with Gasteiger partial charge in [-0.3, -0.25) is 19.6 Å². The number of piperidine rings is 1. The van der Waals surface area contributed by atoms with E-state index >= 15 is 0 Å². The molecule has 0 radical (unpaired) electrons. The molecule has 2 saturated heterocycles. The molecule has 0 saturated carbocycles. The van der Waals surface area contributed by atoms with Gasteiger partial charge in [0.2, 0.25) is 0 Å². The van der Waals surface area contributed by atoms with Crippen molar-refractivity contribution < 1.29 is 14.4 Å². The predicted molar refractivity (Wildman–Crippen MR) is 133 cm³/mol. The van der Waals surface area contributed by atoms with Crippen molar-refractivity contribution in [1.82, 2.24) is 25.3 Å². The van der Waals surface area contributed by atoms with Gasteiger partial charge in [0.1, 0.15) is 5.54 Å². The Bertz CT molecular complexity index is 1320. The maximum atomic E-state index is 13.2. The number of benzene rings is 2. The first-order chi connectivity index (χ1) is 16.7. The van der Waals surface area contributed by atoms with Crippen LogP contribution in [-0.2, 0) is 10.3 Å². The Labute approximate surface area is 204 Å². The second-order valence-electron chi connectivity index (χ2n) is 10.1. The van der Waals surface area contributed by atoms with Crippen LogP contribution in [0.2, 0.25) is 0 Å². The number of nitrogens with zero attached hydrogens (tertiary/aromatic N) is 3. The van der Waals surface area contributed by atoms with Crippen LogP contribution in [0.25, 0.3) is 10.9 Å². The number of urea groups is 1. The Hall–Kier alpha value is -3.68. The average molecular weight is 474 g/mol. The highest BCUT2D eigenvalue weighted by Crippen LogP contribution is 2.33. The van der Waals surface area contributed by atoms with E-state index in [1.54, 1.807) is 24.3 Å². The number of likely N-dealkylation sites (tertiary alicyclic amines) is 1. The summed E-state index contributed by atoms with van der Waals surface area (Å²) in [6, 6.07) is 11.1. The van der Waals surface area contributed by atoms with Crippen LogP contribution >= 0.6 is 0 Å². The Morgan fingerprint density at radius 1 is 1.09 bits per heavy atom. The normalized spacial score (nSPS) is 21.0. The molecular weight excluding hydrogens is 442 g/mol. The van der Waals surface area contributed by atoms with Crippen LogP contribution in [0, 0.1) is 19.8 Å². The first-order valence-electron chi connectivity index (χ1n) is 12.2. The maximum absolute atomic E-state index is 13.2. The van der Waals surface area contributed by atoms with Crippen molar-refractivity contribution in [3.05, 3.63) is 64.8 Å². The summed E-state index contributed by atoms with van der Waals surface area (Å²) in [5.74, 6) is -0.540. The van der Waals surface area contributed by atoms with Crippen LogP contribution in [0.15, 0.2) is 42.6 Å². The lowest BCUT2D eigenvalue weighted by molar-refractivity contribution is -0.125. The molecule has 8 heteroatoms. The number of carbonyl (C=O) groups excluding carboxylic acids is 3. The highest BCUT2D eigenvalue weighted by molar-refractivity contribution is 6.07. The van der Waals surface area contributed by atoms with Crippen molar-refractivity contribution in [3.8, 4) is 0 Å². The standard InChI is InChI=1S/C27H31N5O3/c1-16(2)27(25(34)28-26(35)29-27)21-7-5-19(6-8-21)24(33)31-11-9-22(10-12-31)32-15-20-14-17(3)13-18(4)23(20)30-32/h5-8,13-16,22H,9-12H2,1-4H3,(H2,28,29,34,35). The van der Waals surface area contributed by atoms with Gasteiger partial charge in [-0.15, -0.1) is 0 Å². The number of carbonyl (C=O) groups is 3. The zero-order chi connectivity index (χ0) is 24.9.